The van der Waals surface area contributed by atoms with Crippen molar-refractivity contribution in [2.75, 3.05) is 0 Å². The average Bonchev–Trinajstić information content (AvgIpc) is 1.31. The smallest absolute Gasteiger partial charge is 0.306 e. The Balaban J connectivity index is 3.79. The number of rotatable bonds is 1. The number of hydrogen-bond acceptors (Lipinski definition) is 2. The van der Waals surface area contributed by atoms with Crippen molar-refractivity contribution in [1.82, 2.24) is 0 Å². The molecule has 0 spiro atoms. The van der Waals surface area contributed by atoms with Gasteiger partial charge in [0.15, 0.2) is 0 Å². The second kappa shape index (κ2) is 1.83. The highest BCUT2D eigenvalue weighted by Crippen LogP contribution is 2.13. The van der Waals surface area contributed by atoms with Crippen molar-refractivity contribution >= 4 is 11.1 Å². The van der Waals surface area contributed by atoms with E-state index >= 15 is 0 Å². The minimum absolute atomic E-state index is 0.316. The van der Waals surface area contributed by atoms with Gasteiger partial charge in [-0.3, -0.25) is 4.21 Å². The molecule has 0 aliphatic carbocycles. The lowest BCUT2D eigenvalue weighted by molar-refractivity contribution is 0.111. The van der Waals surface area contributed by atoms with Crippen molar-refractivity contribution in [2.45, 2.75) is 12.2 Å². The van der Waals surface area contributed by atoms with Crippen LogP contribution in [0.3, 0.4) is 0 Å². The summed E-state index contributed by atoms with van der Waals surface area (Å²) in [4.78, 5) is 0. The molecule has 0 amide bonds. The molecular formula is C2H3F2O2S-. The summed E-state index contributed by atoms with van der Waals surface area (Å²) in [5, 5.41) is -3.58. The molecule has 5 heteroatoms. The Morgan fingerprint density at radius 2 is 1.86 bits per heavy atom. The van der Waals surface area contributed by atoms with E-state index in [1.165, 1.54) is 0 Å². The van der Waals surface area contributed by atoms with E-state index in [0.29, 0.717) is 6.92 Å². The van der Waals surface area contributed by atoms with Crippen molar-refractivity contribution < 1.29 is 17.5 Å². The summed E-state index contributed by atoms with van der Waals surface area (Å²) in [7, 11) is 0. The highest BCUT2D eigenvalue weighted by atomic mass is 32.2. The third kappa shape index (κ3) is 2.64. The van der Waals surface area contributed by atoms with Gasteiger partial charge in [0.25, 0.3) is 0 Å². The molecule has 0 aliphatic rings. The third-order valence-corrected chi connectivity index (χ3v) is 0.878. The topological polar surface area (TPSA) is 40.1 Å². The fourth-order valence-electron chi connectivity index (χ4n) is 0. The predicted octanol–water partition coefficient (Wildman–Crippen LogP) is 0.478. The number of halogens is 2. The van der Waals surface area contributed by atoms with Crippen molar-refractivity contribution in [3.05, 3.63) is 0 Å². The maximum atomic E-state index is 11.2. The molecule has 0 saturated heterocycles. The lowest BCUT2D eigenvalue weighted by atomic mass is 10.9. The second-order valence-electron chi connectivity index (χ2n) is 1.04. The molecule has 0 heterocycles. The molecule has 0 fully saturated rings. The summed E-state index contributed by atoms with van der Waals surface area (Å²) in [6.07, 6.45) is 0. The van der Waals surface area contributed by atoms with Crippen LogP contribution < -0.4 is 0 Å². The lowest BCUT2D eigenvalue weighted by Gasteiger charge is -2.11. The number of hydrogen-bond donors (Lipinski definition) is 0. The largest absolute Gasteiger partial charge is 0.768 e. The molecule has 0 aromatic rings. The van der Waals surface area contributed by atoms with Gasteiger partial charge in [-0.1, -0.05) is 0 Å². The molecule has 0 N–H and O–H groups in total. The maximum Gasteiger partial charge on any atom is 0.306 e. The first-order valence-corrected chi connectivity index (χ1v) is 2.49. The summed E-state index contributed by atoms with van der Waals surface area (Å²) in [5.74, 6) is 0. The normalized spacial score (nSPS) is 16.6. The molecule has 1 atom stereocenters. The van der Waals surface area contributed by atoms with Crippen molar-refractivity contribution in [1.29, 1.82) is 0 Å². The fraction of sp³-hybridized carbons (Fsp3) is 1.00. The van der Waals surface area contributed by atoms with E-state index in [2.05, 4.69) is 0 Å². The quantitative estimate of drug-likeness (QED) is 0.483. The zero-order valence-corrected chi connectivity index (χ0v) is 4.30. The Labute approximate surface area is 41.8 Å². The lowest BCUT2D eigenvalue weighted by Crippen LogP contribution is -2.16. The summed E-state index contributed by atoms with van der Waals surface area (Å²) >= 11 is -3.27. The zero-order valence-electron chi connectivity index (χ0n) is 3.48. The number of alkyl halides is 2. The van der Waals surface area contributed by atoms with Gasteiger partial charge in [0, 0.05) is 18.0 Å². The van der Waals surface area contributed by atoms with Gasteiger partial charge in [-0.05, 0) is 0 Å². The van der Waals surface area contributed by atoms with E-state index < -0.39 is 16.3 Å². The Morgan fingerprint density at radius 3 is 1.86 bits per heavy atom. The van der Waals surface area contributed by atoms with E-state index in [-0.39, 0.29) is 0 Å². The van der Waals surface area contributed by atoms with Crippen LogP contribution in [0.4, 0.5) is 8.78 Å². The van der Waals surface area contributed by atoms with Crippen LogP contribution >= 0.6 is 0 Å². The standard InChI is InChI=1S/C2H4F2O2S/c1-2(3,4)7(5)6/h1H3,(H,5,6)/p-1. The predicted molar refractivity (Wildman–Crippen MR) is 19.5 cm³/mol. The Morgan fingerprint density at radius 1 is 1.71 bits per heavy atom. The molecule has 1 unspecified atom stereocenters. The molecule has 0 radical (unpaired) electrons. The van der Waals surface area contributed by atoms with Crippen LogP contribution in [0, 0.1) is 0 Å². The Kier molecular flexibility index (Phi) is 1.82. The summed E-state index contributed by atoms with van der Waals surface area (Å²) in [5.41, 5.74) is 0. The highest BCUT2D eigenvalue weighted by Gasteiger charge is 2.21. The molecule has 0 bridgehead atoms. The van der Waals surface area contributed by atoms with Gasteiger partial charge in [0.1, 0.15) is 0 Å². The molecule has 7 heavy (non-hydrogen) atoms. The van der Waals surface area contributed by atoms with Crippen molar-refractivity contribution in [2.24, 2.45) is 0 Å². The maximum absolute atomic E-state index is 11.2. The first-order valence-electron chi connectivity index (χ1n) is 1.42. The summed E-state index contributed by atoms with van der Waals surface area (Å²) < 4.78 is 41.0. The molecule has 0 aliphatic heterocycles. The van der Waals surface area contributed by atoms with Crippen LogP contribution in [-0.2, 0) is 11.1 Å². The molecule has 0 saturated carbocycles. The molecule has 0 aromatic carbocycles. The third-order valence-electron chi connectivity index (χ3n) is 0.293. The SMILES string of the molecule is CC(F)(F)S(=O)[O-]. The van der Waals surface area contributed by atoms with E-state index in [1.807, 2.05) is 0 Å². The van der Waals surface area contributed by atoms with Gasteiger partial charge >= 0.3 is 5.25 Å². The summed E-state index contributed by atoms with van der Waals surface area (Å²) in [6.45, 7) is 0.316. The highest BCUT2D eigenvalue weighted by molar-refractivity contribution is 7.80. The van der Waals surface area contributed by atoms with Gasteiger partial charge in [-0.15, -0.1) is 0 Å². The van der Waals surface area contributed by atoms with Gasteiger partial charge < -0.3 is 4.55 Å². The van der Waals surface area contributed by atoms with Crippen LogP contribution in [0.15, 0.2) is 0 Å². The van der Waals surface area contributed by atoms with E-state index in [0.717, 1.165) is 0 Å². The molecule has 0 rings (SSSR count). The molecule has 44 valence electrons. The van der Waals surface area contributed by atoms with Crippen LogP contribution in [0.2, 0.25) is 0 Å². The Hall–Kier alpha value is -0.0300. The van der Waals surface area contributed by atoms with Crippen LogP contribution in [0.5, 0.6) is 0 Å². The fourth-order valence-corrected chi connectivity index (χ4v) is 0. The van der Waals surface area contributed by atoms with Crippen molar-refractivity contribution in [3.8, 4) is 0 Å². The van der Waals surface area contributed by atoms with Crippen LogP contribution in [-0.4, -0.2) is 14.0 Å². The van der Waals surface area contributed by atoms with Gasteiger partial charge in [0.2, 0.25) is 0 Å². The van der Waals surface area contributed by atoms with Crippen molar-refractivity contribution in [3.63, 3.8) is 0 Å². The monoisotopic (exact) mass is 129 g/mol. The first kappa shape index (κ1) is 6.97. The minimum Gasteiger partial charge on any atom is -0.768 e. The first-order chi connectivity index (χ1) is 2.94. The van der Waals surface area contributed by atoms with E-state index in [4.69, 9.17) is 0 Å². The van der Waals surface area contributed by atoms with Crippen LogP contribution in [0.25, 0.3) is 0 Å². The van der Waals surface area contributed by atoms with Gasteiger partial charge in [0.05, 0.1) is 0 Å². The van der Waals surface area contributed by atoms with E-state index in [1.54, 1.807) is 0 Å². The Bertz CT molecular complexity index is 86.2. The van der Waals surface area contributed by atoms with E-state index in [9.17, 15) is 17.5 Å². The molecule has 0 aromatic heterocycles. The minimum atomic E-state index is -3.58. The van der Waals surface area contributed by atoms with Gasteiger partial charge in [-0.25, -0.2) is 0 Å². The van der Waals surface area contributed by atoms with Crippen LogP contribution in [0.1, 0.15) is 6.92 Å². The zero-order chi connectivity index (χ0) is 6.08. The molecular weight excluding hydrogens is 126 g/mol. The second-order valence-corrected chi connectivity index (χ2v) is 2.23. The van der Waals surface area contributed by atoms with Gasteiger partial charge in [-0.2, -0.15) is 8.78 Å². The molecule has 2 nitrogen and oxygen atoms in total. The average molecular weight is 129 g/mol. The summed E-state index contributed by atoms with van der Waals surface area (Å²) in [6, 6.07) is 0.